The zero-order chi connectivity index (χ0) is 11.5. The lowest BCUT2D eigenvalue weighted by molar-refractivity contribution is 0.681. The first kappa shape index (κ1) is 10.6. The molecule has 5 nitrogen and oxygen atoms in total. The molecule has 0 atom stereocenters. The normalized spacial score (nSPS) is 10.6. The summed E-state index contributed by atoms with van der Waals surface area (Å²) in [6, 6.07) is 1.75. The van der Waals surface area contributed by atoms with E-state index in [1.54, 1.807) is 18.6 Å². The van der Waals surface area contributed by atoms with Crippen LogP contribution in [0, 0.1) is 6.92 Å². The molecule has 0 bridgehead atoms. The molecule has 16 heavy (non-hydrogen) atoms. The fraction of sp³-hybridized carbons (Fsp3) is 0.364. The van der Waals surface area contributed by atoms with Crippen molar-refractivity contribution >= 4 is 5.82 Å². The molecule has 0 fully saturated rings. The maximum absolute atomic E-state index is 5.71. The first-order chi connectivity index (χ1) is 7.70. The molecule has 0 amide bonds. The highest BCUT2D eigenvalue weighted by Crippen LogP contribution is 2.16. The highest BCUT2D eigenvalue weighted by atomic mass is 15.1. The van der Waals surface area contributed by atoms with Gasteiger partial charge in [-0.25, -0.2) is 15.0 Å². The Morgan fingerprint density at radius 1 is 1.38 bits per heavy atom. The zero-order valence-electron chi connectivity index (χ0n) is 9.51. The molecule has 0 aliphatic rings. The van der Waals surface area contributed by atoms with Crippen molar-refractivity contribution < 1.29 is 0 Å². The van der Waals surface area contributed by atoms with E-state index in [0.717, 1.165) is 24.4 Å². The van der Waals surface area contributed by atoms with Crippen molar-refractivity contribution in [2.75, 3.05) is 5.73 Å². The monoisotopic (exact) mass is 217 g/mol. The second-order valence-electron chi connectivity index (χ2n) is 3.73. The van der Waals surface area contributed by atoms with Gasteiger partial charge in [0.2, 0.25) is 0 Å². The summed E-state index contributed by atoms with van der Waals surface area (Å²) in [4.78, 5) is 12.7. The van der Waals surface area contributed by atoms with Crippen molar-refractivity contribution in [3.05, 3.63) is 24.3 Å². The number of anilines is 1. The van der Waals surface area contributed by atoms with Crippen LogP contribution in [-0.2, 0) is 6.54 Å². The summed E-state index contributed by atoms with van der Waals surface area (Å²) in [6.07, 6.45) is 4.61. The van der Waals surface area contributed by atoms with Gasteiger partial charge < -0.3 is 10.3 Å². The quantitative estimate of drug-likeness (QED) is 0.848. The lowest BCUT2D eigenvalue weighted by Gasteiger charge is -2.06. The van der Waals surface area contributed by atoms with E-state index in [0.29, 0.717) is 11.6 Å². The summed E-state index contributed by atoms with van der Waals surface area (Å²) < 4.78 is 2.04. The zero-order valence-corrected chi connectivity index (χ0v) is 9.51. The Kier molecular flexibility index (Phi) is 2.85. The molecular formula is C11H15N5. The average molecular weight is 217 g/mol. The van der Waals surface area contributed by atoms with Crippen molar-refractivity contribution in [2.24, 2.45) is 0 Å². The number of aryl methyl sites for hydroxylation is 2. The highest BCUT2D eigenvalue weighted by Gasteiger charge is 2.08. The Morgan fingerprint density at radius 3 is 2.88 bits per heavy atom. The van der Waals surface area contributed by atoms with Crippen LogP contribution in [0.2, 0.25) is 0 Å². The second-order valence-corrected chi connectivity index (χ2v) is 3.73. The van der Waals surface area contributed by atoms with Crippen LogP contribution in [0.5, 0.6) is 0 Å². The Labute approximate surface area is 94.4 Å². The number of hydrogen-bond donors (Lipinski definition) is 1. The van der Waals surface area contributed by atoms with Crippen molar-refractivity contribution in [1.29, 1.82) is 0 Å². The molecule has 2 rings (SSSR count). The molecule has 2 heterocycles. The van der Waals surface area contributed by atoms with E-state index in [1.165, 1.54) is 0 Å². The van der Waals surface area contributed by atoms with Gasteiger partial charge in [-0.2, -0.15) is 0 Å². The maximum atomic E-state index is 5.71. The lowest BCUT2D eigenvalue weighted by atomic mass is 10.3. The highest BCUT2D eigenvalue weighted by molar-refractivity contribution is 5.51. The third kappa shape index (κ3) is 2.03. The summed E-state index contributed by atoms with van der Waals surface area (Å²) in [5, 5.41) is 0. The van der Waals surface area contributed by atoms with Gasteiger partial charge in [-0.1, -0.05) is 6.92 Å². The predicted molar refractivity (Wildman–Crippen MR) is 62.7 cm³/mol. The van der Waals surface area contributed by atoms with E-state index < -0.39 is 0 Å². The number of hydrogen-bond acceptors (Lipinski definition) is 4. The molecule has 0 radical (unpaired) electrons. The smallest absolute Gasteiger partial charge is 0.180 e. The van der Waals surface area contributed by atoms with E-state index in [9.17, 15) is 0 Å². The third-order valence-corrected chi connectivity index (χ3v) is 2.28. The molecular weight excluding hydrogens is 202 g/mol. The van der Waals surface area contributed by atoms with Crippen LogP contribution in [-0.4, -0.2) is 19.5 Å². The van der Waals surface area contributed by atoms with E-state index in [4.69, 9.17) is 5.73 Å². The molecule has 84 valence electrons. The molecule has 2 N–H and O–H groups in total. The maximum Gasteiger partial charge on any atom is 0.180 e. The topological polar surface area (TPSA) is 69.6 Å². The molecule has 0 saturated heterocycles. The second kappa shape index (κ2) is 4.30. The lowest BCUT2D eigenvalue weighted by Crippen LogP contribution is -2.03. The van der Waals surface area contributed by atoms with Gasteiger partial charge in [-0.3, -0.25) is 0 Å². The Bertz CT molecular complexity index is 469. The van der Waals surface area contributed by atoms with Crippen molar-refractivity contribution in [2.45, 2.75) is 26.8 Å². The number of aromatic nitrogens is 4. The van der Waals surface area contributed by atoms with Gasteiger partial charge in [0.05, 0.1) is 12.5 Å². The molecule has 2 aromatic heterocycles. The summed E-state index contributed by atoms with van der Waals surface area (Å²) in [5.74, 6) is 1.13. The van der Waals surface area contributed by atoms with E-state index in [2.05, 4.69) is 21.9 Å². The summed E-state index contributed by atoms with van der Waals surface area (Å²) in [7, 11) is 0. The molecule has 0 saturated carbocycles. The molecule has 5 heteroatoms. The van der Waals surface area contributed by atoms with Crippen LogP contribution < -0.4 is 5.73 Å². The van der Waals surface area contributed by atoms with Crippen LogP contribution in [0.15, 0.2) is 18.6 Å². The van der Waals surface area contributed by atoms with E-state index in [-0.39, 0.29) is 0 Å². The fourth-order valence-electron chi connectivity index (χ4n) is 1.63. The molecule has 0 spiro atoms. The Morgan fingerprint density at radius 2 is 2.19 bits per heavy atom. The molecule has 0 aliphatic carbocycles. The SMILES string of the molecule is CCCn1cncc1-c1nc(C)cc(N)n1. The minimum Gasteiger partial charge on any atom is -0.384 e. The van der Waals surface area contributed by atoms with Crippen molar-refractivity contribution in [3.63, 3.8) is 0 Å². The number of nitrogens with two attached hydrogens (primary N) is 1. The molecule has 0 unspecified atom stereocenters. The van der Waals surface area contributed by atoms with Gasteiger partial charge in [0.25, 0.3) is 0 Å². The minimum absolute atomic E-state index is 0.492. The Balaban J connectivity index is 2.45. The van der Waals surface area contributed by atoms with Gasteiger partial charge in [0.1, 0.15) is 11.5 Å². The first-order valence-electron chi connectivity index (χ1n) is 5.32. The van der Waals surface area contributed by atoms with Crippen LogP contribution >= 0.6 is 0 Å². The Hall–Kier alpha value is -1.91. The van der Waals surface area contributed by atoms with E-state index in [1.807, 2.05) is 11.5 Å². The van der Waals surface area contributed by atoms with Crippen LogP contribution in [0.25, 0.3) is 11.5 Å². The standard InChI is InChI=1S/C11H15N5/c1-3-4-16-7-13-6-9(16)11-14-8(2)5-10(12)15-11/h5-7H,3-4H2,1-2H3,(H2,12,14,15). The molecule has 0 aliphatic heterocycles. The number of nitrogen functional groups attached to an aromatic ring is 1. The van der Waals surface area contributed by atoms with Gasteiger partial charge in [-0.15, -0.1) is 0 Å². The summed E-state index contributed by atoms with van der Waals surface area (Å²) in [6.45, 7) is 4.93. The third-order valence-electron chi connectivity index (χ3n) is 2.28. The number of imidazole rings is 1. The molecule has 2 aromatic rings. The predicted octanol–water partition coefficient (Wildman–Crippen LogP) is 1.64. The van der Waals surface area contributed by atoms with Gasteiger partial charge in [-0.05, 0) is 13.3 Å². The first-order valence-corrected chi connectivity index (χ1v) is 5.32. The minimum atomic E-state index is 0.492. The number of rotatable bonds is 3. The average Bonchev–Trinajstić information content (AvgIpc) is 2.65. The van der Waals surface area contributed by atoms with Crippen LogP contribution in [0.1, 0.15) is 19.0 Å². The van der Waals surface area contributed by atoms with Crippen LogP contribution in [0.4, 0.5) is 5.82 Å². The largest absolute Gasteiger partial charge is 0.384 e. The van der Waals surface area contributed by atoms with Gasteiger partial charge in [0, 0.05) is 18.3 Å². The number of nitrogens with zero attached hydrogens (tertiary/aromatic N) is 4. The molecule has 0 aromatic carbocycles. The fourth-order valence-corrected chi connectivity index (χ4v) is 1.63. The van der Waals surface area contributed by atoms with Crippen LogP contribution in [0.3, 0.4) is 0 Å². The summed E-state index contributed by atoms with van der Waals surface area (Å²) >= 11 is 0. The van der Waals surface area contributed by atoms with Gasteiger partial charge in [0.15, 0.2) is 5.82 Å². The summed E-state index contributed by atoms with van der Waals surface area (Å²) in [5.41, 5.74) is 7.49. The van der Waals surface area contributed by atoms with E-state index >= 15 is 0 Å². The van der Waals surface area contributed by atoms with Crippen molar-refractivity contribution in [1.82, 2.24) is 19.5 Å². The van der Waals surface area contributed by atoms with Crippen molar-refractivity contribution in [3.8, 4) is 11.5 Å². The van der Waals surface area contributed by atoms with Gasteiger partial charge >= 0.3 is 0 Å².